The summed E-state index contributed by atoms with van der Waals surface area (Å²) < 4.78 is 5.83. The van der Waals surface area contributed by atoms with E-state index in [0.29, 0.717) is 10.9 Å². The van der Waals surface area contributed by atoms with Crippen LogP contribution in [0, 0.1) is 16.7 Å². The fraction of sp³-hybridized carbons (Fsp3) is 0.650. The quantitative estimate of drug-likeness (QED) is 0.671. The summed E-state index contributed by atoms with van der Waals surface area (Å²) in [5.41, 5.74) is 5.85. The predicted molar refractivity (Wildman–Crippen MR) is 106 cm³/mol. The highest BCUT2D eigenvalue weighted by atomic mass is 32.1. The van der Waals surface area contributed by atoms with E-state index in [1.807, 2.05) is 0 Å². The molecule has 0 aromatic carbocycles. The van der Waals surface area contributed by atoms with E-state index in [1.165, 1.54) is 11.3 Å². The zero-order valence-corrected chi connectivity index (χ0v) is 17.3. The van der Waals surface area contributed by atoms with E-state index < -0.39 is 30.4 Å². The van der Waals surface area contributed by atoms with E-state index >= 15 is 0 Å². The minimum absolute atomic E-state index is 0.0236. The smallest absolute Gasteiger partial charge is 0.323 e. The zero-order chi connectivity index (χ0) is 20.7. The molecule has 8 heteroatoms. The molecule has 1 aromatic rings. The number of fused-ring (bicyclic) bond motifs is 2. The number of carbonyl (C=O) groups excluding carboxylic acids is 2. The lowest BCUT2D eigenvalue weighted by Crippen LogP contribution is -2.48. The Morgan fingerprint density at radius 3 is 2.64 bits per heavy atom. The largest absolute Gasteiger partial charge is 0.480 e. The molecule has 1 aromatic heterocycles. The Labute approximate surface area is 168 Å². The van der Waals surface area contributed by atoms with E-state index in [1.54, 1.807) is 17.5 Å². The number of carboxylic acids is 1. The van der Waals surface area contributed by atoms with Crippen molar-refractivity contribution in [1.29, 1.82) is 0 Å². The number of carboxylic acid groups (broad SMARTS) is 1. The normalized spacial score (nSPS) is 28.7. The summed E-state index contributed by atoms with van der Waals surface area (Å²) in [5, 5.41) is 11.3. The van der Waals surface area contributed by atoms with Crippen LogP contribution in [-0.2, 0) is 19.1 Å². The third-order valence-electron chi connectivity index (χ3n) is 6.42. The fourth-order valence-corrected chi connectivity index (χ4v) is 5.76. The van der Waals surface area contributed by atoms with Gasteiger partial charge in [0, 0.05) is 10.8 Å². The van der Waals surface area contributed by atoms with Crippen LogP contribution in [0.25, 0.3) is 0 Å². The molecule has 3 unspecified atom stereocenters. The minimum atomic E-state index is -1.15. The van der Waals surface area contributed by atoms with Crippen LogP contribution in [0.5, 0.6) is 0 Å². The number of thiophene rings is 1. The van der Waals surface area contributed by atoms with Crippen molar-refractivity contribution in [3.05, 3.63) is 17.5 Å². The number of amides is 1. The van der Waals surface area contributed by atoms with Crippen LogP contribution in [-0.4, -0.2) is 41.6 Å². The number of nitrogens with zero attached hydrogens (tertiary/aromatic N) is 1. The molecule has 3 rings (SSSR count). The molecule has 4 atom stereocenters. The van der Waals surface area contributed by atoms with E-state index in [9.17, 15) is 14.4 Å². The van der Waals surface area contributed by atoms with Crippen LogP contribution >= 0.6 is 11.3 Å². The van der Waals surface area contributed by atoms with Gasteiger partial charge in [-0.3, -0.25) is 19.3 Å². The third-order valence-corrected chi connectivity index (χ3v) is 7.31. The summed E-state index contributed by atoms with van der Waals surface area (Å²) in [5.74, 6) is -1.71. The number of ether oxygens (including phenoxy) is 1. The van der Waals surface area contributed by atoms with E-state index in [0.717, 1.165) is 24.2 Å². The van der Waals surface area contributed by atoms with E-state index in [4.69, 9.17) is 15.6 Å². The van der Waals surface area contributed by atoms with E-state index in [-0.39, 0.29) is 23.4 Å². The number of nitrogens with two attached hydrogens (primary N) is 1. The average Bonchev–Trinajstić information content (AvgIpc) is 3.29. The van der Waals surface area contributed by atoms with Gasteiger partial charge in [0.25, 0.3) is 0 Å². The molecule has 0 aliphatic heterocycles. The Morgan fingerprint density at radius 1 is 1.39 bits per heavy atom. The van der Waals surface area contributed by atoms with Crippen LogP contribution in [0.4, 0.5) is 5.00 Å². The summed E-state index contributed by atoms with van der Waals surface area (Å²) in [6.07, 6.45) is 2.78. The van der Waals surface area contributed by atoms with Crippen molar-refractivity contribution < 1.29 is 24.2 Å². The first-order valence-corrected chi connectivity index (χ1v) is 10.4. The summed E-state index contributed by atoms with van der Waals surface area (Å²) in [7, 11) is 0. The van der Waals surface area contributed by atoms with Crippen LogP contribution < -0.4 is 10.6 Å². The first-order valence-electron chi connectivity index (χ1n) is 9.56. The van der Waals surface area contributed by atoms with Gasteiger partial charge < -0.3 is 15.6 Å². The Balaban J connectivity index is 1.65. The highest BCUT2D eigenvalue weighted by Gasteiger charge is 2.61. The molecule has 1 amide bonds. The molecular formula is C20H28N2O5S. The molecule has 3 N–H and O–H groups in total. The van der Waals surface area contributed by atoms with Crippen LogP contribution in [0.1, 0.15) is 46.5 Å². The Hall–Kier alpha value is -1.93. The van der Waals surface area contributed by atoms with Gasteiger partial charge in [0.2, 0.25) is 5.91 Å². The zero-order valence-electron chi connectivity index (χ0n) is 16.5. The van der Waals surface area contributed by atoms with Crippen LogP contribution in [0.3, 0.4) is 0 Å². The van der Waals surface area contributed by atoms with Crippen molar-refractivity contribution in [2.45, 2.75) is 58.6 Å². The Morgan fingerprint density at radius 2 is 2.11 bits per heavy atom. The monoisotopic (exact) mass is 408 g/mol. The van der Waals surface area contributed by atoms with Gasteiger partial charge in [-0.15, -0.1) is 11.3 Å². The van der Waals surface area contributed by atoms with Crippen molar-refractivity contribution in [2.24, 2.45) is 22.5 Å². The Bertz CT molecular complexity index is 758. The number of hydrogen-bond donors (Lipinski definition) is 2. The second-order valence-electron chi connectivity index (χ2n) is 8.87. The number of rotatable bonds is 7. The maximum atomic E-state index is 12.7. The average molecular weight is 409 g/mol. The third kappa shape index (κ3) is 3.80. The number of anilines is 1. The summed E-state index contributed by atoms with van der Waals surface area (Å²) in [6.45, 7) is 5.93. The first-order chi connectivity index (χ1) is 13.0. The van der Waals surface area contributed by atoms with Gasteiger partial charge in [-0.2, -0.15) is 0 Å². The maximum Gasteiger partial charge on any atom is 0.323 e. The van der Waals surface area contributed by atoms with Gasteiger partial charge in [0.15, 0.2) is 0 Å². The van der Waals surface area contributed by atoms with Gasteiger partial charge in [-0.05, 0) is 42.7 Å². The fourth-order valence-electron chi connectivity index (χ4n) is 5.02. The minimum Gasteiger partial charge on any atom is -0.480 e. The molecule has 2 aliphatic carbocycles. The molecule has 0 spiro atoms. The first kappa shape index (κ1) is 20.8. The molecule has 2 saturated carbocycles. The van der Waals surface area contributed by atoms with Crippen molar-refractivity contribution >= 4 is 34.2 Å². The number of carbonyl (C=O) groups is 3. The Kier molecular flexibility index (Phi) is 5.55. The van der Waals surface area contributed by atoms with Gasteiger partial charge in [-0.25, -0.2) is 0 Å². The van der Waals surface area contributed by atoms with Gasteiger partial charge in [0.1, 0.15) is 12.6 Å². The highest BCUT2D eigenvalue weighted by molar-refractivity contribution is 7.14. The van der Waals surface area contributed by atoms with E-state index in [2.05, 4.69) is 20.8 Å². The molecule has 154 valence electrons. The second kappa shape index (κ2) is 7.48. The predicted octanol–water partition coefficient (Wildman–Crippen LogP) is 2.64. The van der Waals surface area contributed by atoms with Crippen molar-refractivity contribution in [1.82, 2.24) is 0 Å². The molecule has 1 heterocycles. The lowest BCUT2D eigenvalue weighted by atomic mass is 9.70. The summed E-state index contributed by atoms with van der Waals surface area (Å²) in [4.78, 5) is 37.5. The standard InChI is InChI=1S/C20H28N2O5S/c1-19(2)12-6-7-20(3,10-12)18(19)27-16(25)9-13(21)17(26)22(11-15(23)24)14-5-4-8-28-14/h4-5,8,12-13,18H,6-7,9-11,21H2,1-3H3,(H,23,24)/t12?,13-,18?,20?/m0/s1. The SMILES string of the molecule is CC12CCC(C1)C(C)(C)C2OC(=O)C[C@H](N)C(=O)N(CC(=O)O)c1cccs1. The van der Waals surface area contributed by atoms with Crippen molar-refractivity contribution in [2.75, 3.05) is 11.4 Å². The molecular weight excluding hydrogens is 380 g/mol. The molecule has 0 radical (unpaired) electrons. The molecule has 2 fully saturated rings. The topological polar surface area (TPSA) is 110 Å². The summed E-state index contributed by atoms with van der Waals surface area (Å²) >= 11 is 1.24. The summed E-state index contributed by atoms with van der Waals surface area (Å²) in [6, 6.07) is 2.22. The molecule has 2 aliphatic rings. The van der Waals surface area contributed by atoms with Crippen molar-refractivity contribution in [3.63, 3.8) is 0 Å². The van der Waals surface area contributed by atoms with Crippen LogP contribution in [0.15, 0.2) is 17.5 Å². The molecule has 2 bridgehead atoms. The number of aliphatic carboxylic acids is 1. The maximum absolute atomic E-state index is 12.7. The van der Waals surface area contributed by atoms with Gasteiger partial charge >= 0.3 is 11.9 Å². The van der Waals surface area contributed by atoms with Gasteiger partial charge in [0.05, 0.1) is 17.5 Å². The molecule has 28 heavy (non-hydrogen) atoms. The van der Waals surface area contributed by atoms with Gasteiger partial charge in [-0.1, -0.05) is 20.8 Å². The van der Waals surface area contributed by atoms with Crippen molar-refractivity contribution in [3.8, 4) is 0 Å². The lowest BCUT2D eigenvalue weighted by Gasteiger charge is -2.41. The lowest BCUT2D eigenvalue weighted by molar-refractivity contribution is -0.165. The number of esters is 1. The molecule has 7 nitrogen and oxygen atoms in total. The second-order valence-corrected chi connectivity index (χ2v) is 9.79. The van der Waals surface area contributed by atoms with Crippen LogP contribution in [0.2, 0.25) is 0 Å². The molecule has 0 saturated heterocycles. The highest BCUT2D eigenvalue weighted by Crippen LogP contribution is 2.63. The number of hydrogen-bond acceptors (Lipinski definition) is 6.